The summed E-state index contributed by atoms with van der Waals surface area (Å²) in [5.74, 6) is -0.911. The quantitative estimate of drug-likeness (QED) is 0.375. The molecule has 0 aliphatic carbocycles. The second-order valence-corrected chi connectivity index (χ2v) is 4.80. The number of carbonyl (C=O) groups excluding carboxylic acids is 2. The molecule has 1 aromatic rings. The van der Waals surface area contributed by atoms with Gasteiger partial charge in [0.25, 0.3) is 5.91 Å². The average molecular weight is 371 g/mol. The number of allylic oxidation sites excluding steroid dienone is 3. The summed E-state index contributed by atoms with van der Waals surface area (Å²) >= 11 is 2.15. The fourth-order valence-corrected chi connectivity index (χ4v) is 1.74. The van der Waals surface area contributed by atoms with Crippen molar-refractivity contribution in [3.05, 3.63) is 52.1 Å². The topological polar surface area (TPSA) is 55.4 Å². The minimum atomic E-state index is -0.545. The Morgan fingerprint density at radius 3 is 2.84 bits per heavy atom. The van der Waals surface area contributed by atoms with Crippen LogP contribution < -0.4 is 5.32 Å². The summed E-state index contributed by atoms with van der Waals surface area (Å²) in [6.07, 6.45) is 6.30. The number of halogens is 1. The van der Waals surface area contributed by atoms with Crippen LogP contribution >= 0.6 is 22.6 Å². The summed E-state index contributed by atoms with van der Waals surface area (Å²) in [7, 11) is 0. The van der Waals surface area contributed by atoms with Gasteiger partial charge in [-0.25, -0.2) is 4.79 Å². The van der Waals surface area contributed by atoms with Crippen LogP contribution in [0.25, 0.3) is 0 Å². The van der Waals surface area contributed by atoms with Gasteiger partial charge in [0.2, 0.25) is 0 Å². The summed E-state index contributed by atoms with van der Waals surface area (Å²) in [6, 6.07) is 7.35. The van der Waals surface area contributed by atoms with E-state index in [-0.39, 0.29) is 12.5 Å². The SMILES string of the molecule is C/C=C/C=C/C(=O)OCC(=O)Nc1cccc(I)c1. The van der Waals surface area contributed by atoms with Crippen molar-refractivity contribution in [3.8, 4) is 0 Å². The molecule has 1 aromatic carbocycles. The third kappa shape index (κ3) is 6.76. The van der Waals surface area contributed by atoms with E-state index in [9.17, 15) is 9.59 Å². The molecule has 0 spiro atoms. The zero-order valence-electron chi connectivity index (χ0n) is 10.4. The number of benzene rings is 1. The molecule has 0 unspecified atom stereocenters. The van der Waals surface area contributed by atoms with Gasteiger partial charge in [-0.05, 0) is 47.7 Å². The highest BCUT2D eigenvalue weighted by Gasteiger charge is 2.05. The molecule has 19 heavy (non-hydrogen) atoms. The highest BCUT2D eigenvalue weighted by atomic mass is 127. The molecule has 0 saturated heterocycles. The number of esters is 1. The van der Waals surface area contributed by atoms with Gasteiger partial charge in [0.15, 0.2) is 6.61 Å². The van der Waals surface area contributed by atoms with Crippen LogP contribution in [0.5, 0.6) is 0 Å². The zero-order valence-corrected chi connectivity index (χ0v) is 12.6. The van der Waals surface area contributed by atoms with Crippen LogP contribution in [0.1, 0.15) is 6.92 Å². The van der Waals surface area contributed by atoms with E-state index in [2.05, 4.69) is 27.9 Å². The molecule has 4 nitrogen and oxygen atoms in total. The van der Waals surface area contributed by atoms with E-state index in [1.165, 1.54) is 6.08 Å². The molecule has 0 bridgehead atoms. The number of rotatable bonds is 5. The second kappa shape index (κ2) is 8.47. The van der Waals surface area contributed by atoms with Gasteiger partial charge in [-0.3, -0.25) is 4.79 Å². The van der Waals surface area contributed by atoms with Gasteiger partial charge < -0.3 is 10.1 Å². The Morgan fingerprint density at radius 1 is 1.37 bits per heavy atom. The van der Waals surface area contributed by atoms with Crippen LogP contribution in [0.3, 0.4) is 0 Å². The first-order chi connectivity index (χ1) is 9.11. The fourth-order valence-electron chi connectivity index (χ4n) is 1.19. The molecule has 0 fully saturated rings. The van der Waals surface area contributed by atoms with E-state index < -0.39 is 5.97 Å². The van der Waals surface area contributed by atoms with Crippen LogP contribution in [0.15, 0.2) is 48.6 Å². The van der Waals surface area contributed by atoms with Crippen molar-refractivity contribution in [3.63, 3.8) is 0 Å². The lowest BCUT2D eigenvalue weighted by Gasteiger charge is -2.05. The molecule has 0 aliphatic heterocycles. The van der Waals surface area contributed by atoms with Crippen LogP contribution in [-0.2, 0) is 14.3 Å². The van der Waals surface area contributed by atoms with Crippen LogP contribution in [0.4, 0.5) is 5.69 Å². The van der Waals surface area contributed by atoms with Crippen molar-refractivity contribution < 1.29 is 14.3 Å². The number of hydrogen-bond donors (Lipinski definition) is 1. The molecule has 0 aliphatic rings. The number of carbonyl (C=O) groups is 2. The Balaban J connectivity index is 2.38. The number of anilines is 1. The third-order valence-corrected chi connectivity index (χ3v) is 2.66. The molecule has 5 heteroatoms. The van der Waals surface area contributed by atoms with Crippen LogP contribution in [0.2, 0.25) is 0 Å². The van der Waals surface area contributed by atoms with Gasteiger partial charge in [-0.1, -0.05) is 24.3 Å². The molecule has 0 radical (unpaired) electrons. The molecule has 0 saturated carbocycles. The molecule has 0 heterocycles. The summed E-state index contributed by atoms with van der Waals surface area (Å²) in [5.41, 5.74) is 0.678. The third-order valence-electron chi connectivity index (χ3n) is 1.99. The lowest BCUT2D eigenvalue weighted by molar-refractivity contribution is -0.142. The Bertz CT molecular complexity index is 509. The lowest BCUT2D eigenvalue weighted by Crippen LogP contribution is -2.20. The normalized spacial score (nSPS) is 10.8. The van der Waals surface area contributed by atoms with E-state index in [4.69, 9.17) is 4.74 Å². The second-order valence-electron chi connectivity index (χ2n) is 3.55. The molecule has 0 atom stereocenters. The Morgan fingerprint density at radius 2 is 2.16 bits per heavy atom. The number of amides is 1. The first kappa shape index (κ1) is 15.4. The summed E-state index contributed by atoms with van der Waals surface area (Å²) in [6.45, 7) is 1.54. The minimum absolute atomic E-state index is 0.301. The van der Waals surface area contributed by atoms with E-state index in [0.717, 1.165) is 3.57 Å². The van der Waals surface area contributed by atoms with Crippen molar-refractivity contribution in [2.45, 2.75) is 6.92 Å². The largest absolute Gasteiger partial charge is 0.452 e. The maximum Gasteiger partial charge on any atom is 0.331 e. The monoisotopic (exact) mass is 371 g/mol. The van der Waals surface area contributed by atoms with E-state index in [1.54, 1.807) is 24.3 Å². The predicted octanol–water partition coefficient (Wildman–Crippen LogP) is 2.91. The van der Waals surface area contributed by atoms with Crippen molar-refractivity contribution in [1.82, 2.24) is 0 Å². The van der Waals surface area contributed by atoms with Gasteiger partial charge >= 0.3 is 5.97 Å². The molecule has 0 aromatic heterocycles. The Hall–Kier alpha value is -1.63. The number of ether oxygens (including phenoxy) is 1. The average Bonchev–Trinajstić information content (AvgIpc) is 2.37. The number of nitrogens with one attached hydrogen (secondary N) is 1. The standard InChI is InChI=1S/C14H14INO3/c1-2-3-4-8-14(18)19-10-13(17)16-12-7-5-6-11(15)9-12/h2-9H,10H2,1H3,(H,16,17)/b3-2+,8-4+. The van der Waals surface area contributed by atoms with Gasteiger partial charge in [-0.2, -0.15) is 0 Å². The van der Waals surface area contributed by atoms with Crippen LogP contribution in [-0.4, -0.2) is 18.5 Å². The first-order valence-corrected chi connectivity index (χ1v) is 6.71. The van der Waals surface area contributed by atoms with E-state index in [1.807, 2.05) is 25.1 Å². The van der Waals surface area contributed by atoms with Gasteiger partial charge in [0, 0.05) is 15.3 Å². The maximum atomic E-state index is 11.5. The summed E-state index contributed by atoms with van der Waals surface area (Å²) in [4.78, 5) is 22.7. The molecular formula is C14H14INO3. The van der Waals surface area contributed by atoms with E-state index >= 15 is 0 Å². The minimum Gasteiger partial charge on any atom is -0.452 e. The highest BCUT2D eigenvalue weighted by Crippen LogP contribution is 2.12. The fraction of sp³-hybridized carbons (Fsp3) is 0.143. The van der Waals surface area contributed by atoms with Crippen molar-refractivity contribution in [1.29, 1.82) is 0 Å². The van der Waals surface area contributed by atoms with Gasteiger partial charge in [-0.15, -0.1) is 0 Å². The lowest BCUT2D eigenvalue weighted by atomic mass is 10.3. The zero-order chi connectivity index (χ0) is 14.1. The predicted molar refractivity (Wildman–Crippen MR) is 82.7 cm³/mol. The van der Waals surface area contributed by atoms with Gasteiger partial charge in [0.1, 0.15) is 0 Å². The van der Waals surface area contributed by atoms with E-state index in [0.29, 0.717) is 5.69 Å². The van der Waals surface area contributed by atoms with Crippen molar-refractivity contribution >= 4 is 40.2 Å². The Labute approximate surface area is 125 Å². The molecule has 100 valence electrons. The smallest absolute Gasteiger partial charge is 0.331 e. The number of hydrogen-bond acceptors (Lipinski definition) is 3. The molecule has 1 rings (SSSR count). The molecule has 1 N–H and O–H groups in total. The van der Waals surface area contributed by atoms with Crippen molar-refractivity contribution in [2.75, 3.05) is 11.9 Å². The first-order valence-electron chi connectivity index (χ1n) is 5.63. The highest BCUT2D eigenvalue weighted by molar-refractivity contribution is 14.1. The molecular weight excluding hydrogens is 357 g/mol. The maximum absolute atomic E-state index is 11.5. The Kier molecular flexibility index (Phi) is 6.88. The summed E-state index contributed by atoms with van der Waals surface area (Å²) < 4.78 is 5.79. The molecule has 1 amide bonds. The summed E-state index contributed by atoms with van der Waals surface area (Å²) in [5, 5.41) is 2.65. The van der Waals surface area contributed by atoms with Crippen molar-refractivity contribution in [2.24, 2.45) is 0 Å². The van der Waals surface area contributed by atoms with Crippen LogP contribution in [0, 0.1) is 3.57 Å². The van der Waals surface area contributed by atoms with Gasteiger partial charge in [0.05, 0.1) is 0 Å².